The summed E-state index contributed by atoms with van der Waals surface area (Å²) in [6.07, 6.45) is 9.23. The number of halogens is 1. The molecule has 0 bridgehead atoms. The third-order valence-electron chi connectivity index (χ3n) is 3.13. The van der Waals surface area contributed by atoms with Gasteiger partial charge in [0.15, 0.2) is 0 Å². The van der Waals surface area contributed by atoms with E-state index in [1.165, 1.54) is 31.4 Å². The fourth-order valence-corrected chi connectivity index (χ4v) is 2.78. The van der Waals surface area contributed by atoms with E-state index in [4.69, 9.17) is 0 Å². The summed E-state index contributed by atoms with van der Waals surface area (Å²) in [4.78, 5) is 6.71. The Balaban J connectivity index is 2.18. The van der Waals surface area contributed by atoms with Gasteiger partial charge in [0.2, 0.25) is 0 Å². The lowest BCUT2D eigenvalue weighted by molar-refractivity contribution is 0.619. The maximum atomic E-state index is 4.24. The molecule has 0 saturated heterocycles. The Bertz CT molecular complexity index is 321. The predicted molar refractivity (Wildman–Crippen MR) is 67.2 cm³/mol. The zero-order valence-corrected chi connectivity index (χ0v) is 10.7. The van der Waals surface area contributed by atoms with E-state index in [1.807, 2.05) is 12.4 Å². The topological polar surface area (TPSA) is 16.1 Å². The first-order chi connectivity index (χ1) is 7.31. The van der Waals surface area contributed by atoms with Gasteiger partial charge in [-0.2, -0.15) is 0 Å². The molecule has 0 spiro atoms. The van der Waals surface area contributed by atoms with Crippen LogP contribution in [0.15, 0.2) is 22.9 Å². The van der Waals surface area contributed by atoms with Crippen molar-refractivity contribution in [2.24, 2.45) is 0 Å². The quantitative estimate of drug-likeness (QED) is 0.833. The number of nitrogens with zero attached hydrogens (tertiary/aromatic N) is 2. The average Bonchev–Trinajstić information content (AvgIpc) is 2.72. The summed E-state index contributed by atoms with van der Waals surface area (Å²) in [5, 5.41) is 0. The van der Waals surface area contributed by atoms with Gasteiger partial charge in [0, 0.05) is 23.3 Å². The first-order valence-electron chi connectivity index (χ1n) is 5.68. The van der Waals surface area contributed by atoms with Crippen molar-refractivity contribution in [2.75, 3.05) is 11.4 Å². The van der Waals surface area contributed by atoms with Crippen LogP contribution < -0.4 is 4.90 Å². The Hall–Kier alpha value is -0.570. The molecule has 82 valence electrons. The van der Waals surface area contributed by atoms with E-state index in [0.717, 1.165) is 17.1 Å². The van der Waals surface area contributed by atoms with Crippen LogP contribution in [0.3, 0.4) is 0 Å². The molecule has 1 aliphatic carbocycles. The molecular weight excluding hydrogens is 252 g/mol. The molecule has 0 radical (unpaired) electrons. The van der Waals surface area contributed by atoms with Gasteiger partial charge in [-0.15, -0.1) is 0 Å². The summed E-state index contributed by atoms with van der Waals surface area (Å²) >= 11 is 3.48. The standard InChI is InChI=1S/C12H17BrN2/c1-2-15(11-5-3-4-6-11)12-7-10(13)8-14-9-12/h7-9,11H,2-6H2,1H3. The van der Waals surface area contributed by atoms with E-state index in [9.17, 15) is 0 Å². The van der Waals surface area contributed by atoms with E-state index in [-0.39, 0.29) is 0 Å². The fourth-order valence-electron chi connectivity index (χ4n) is 2.43. The Labute approximate surface area is 99.8 Å². The Morgan fingerprint density at radius 3 is 2.73 bits per heavy atom. The molecule has 1 aromatic rings. The van der Waals surface area contributed by atoms with E-state index >= 15 is 0 Å². The fraction of sp³-hybridized carbons (Fsp3) is 0.583. The number of pyridine rings is 1. The Morgan fingerprint density at radius 2 is 2.13 bits per heavy atom. The number of aromatic nitrogens is 1. The van der Waals surface area contributed by atoms with Gasteiger partial charge in [0.05, 0.1) is 11.9 Å². The second kappa shape index (κ2) is 4.97. The molecule has 1 heterocycles. The molecule has 0 N–H and O–H groups in total. The first kappa shape index (κ1) is 10.9. The molecule has 1 aliphatic rings. The van der Waals surface area contributed by atoms with Crippen LogP contribution >= 0.6 is 15.9 Å². The minimum Gasteiger partial charge on any atom is -0.368 e. The van der Waals surface area contributed by atoms with Crippen molar-refractivity contribution in [1.29, 1.82) is 0 Å². The van der Waals surface area contributed by atoms with Crippen molar-refractivity contribution in [3.8, 4) is 0 Å². The van der Waals surface area contributed by atoms with Gasteiger partial charge in [-0.05, 0) is 41.8 Å². The highest BCUT2D eigenvalue weighted by molar-refractivity contribution is 9.10. The summed E-state index contributed by atoms with van der Waals surface area (Å²) in [7, 11) is 0. The maximum Gasteiger partial charge on any atom is 0.0566 e. The van der Waals surface area contributed by atoms with Gasteiger partial charge < -0.3 is 4.90 Å². The SMILES string of the molecule is CCN(c1cncc(Br)c1)C1CCCC1. The highest BCUT2D eigenvalue weighted by atomic mass is 79.9. The Kier molecular flexibility index (Phi) is 3.62. The zero-order valence-electron chi connectivity index (χ0n) is 9.12. The smallest absolute Gasteiger partial charge is 0.0566 e. The van der Waals surface area contributed by atoms with Crippen LogP contribution in [-0.4, -0.2) is 17.6 Å². The van der Waals surface area contributed by atoms with E-state index in [0.29, 0.717) is 0 Å². The van der Waals surface area contributed by atoms with Crippen molar-refractivity contribution < 1.29 is 0 Å². The van der Waals surface area contributed by atoms with Crippen molar-refractivity contribution in [1.82, 2.24) is 4.98 Å². The number of hydrogen-bond acceptors (Lipinski definition) is 2. The van der Waals surface area contributed by atoms with E-state index in [1.54, 1.807) is 0 Å². The van der Waals surface area contributed by atoms with Crippen LogP contribution in [0, 0.1) is 0 Å². The summed E-state index contributed by atoms with van der Waals surface area (Å²) in [6.45, 7) is 3.29. The highest BCUT2D eigenvalue weighted by Gasteiger charge is 2.21. The van der Waals surface area contributed by atoms with Crippen molar-refractivity contribution in [3.05, 3.63) is 22.9 Å². The van der Waals surface area contributed by atoms with Crippen LogP contribution in [-0.2, 0) is 0 Å². The Morgan fingerprint density at radius 1 is 1.40 bits per heavy atom. The molecular formula is C12H17BrN2. The molecule has 1 aromatic heterocycles. The molecule has 1 fully saturated rings. The third-order valence-corrected chi connectivity index (χ3v) is 3.56. The van der Waals surface area contributed by atoms with Crippen LogP contribution in [0.4, 0.5) is 5.69 Å². The molecule has 0 aromatic carbocycles. The predicted octanol–water partition coefficient (Wildman–Crippen LogP) is 3.61. The van der Waals surface area contributed by atoms with E-state index in [2.05, 4.69) is 38.8 Å². The second-order valence-corrected chi connectivity index (χ2v) is 5.00. The van der Waals surface area contributed by atoms with Crippen molar-refractivity contribution in [3.63, 3.8) is 0 Å². The van der Waals surface area contributed by atoms with Gasteiger partial charge in [-0.3, -0.25) is 4.98 Å². The van der Waals surface area contributed by atoms with Crippen LogP contribution in [0.2, 0.25) is 0 Å². The van der Waals surface area contributed by atoms with Crippen molar-refractivity contribution in [2.45, 2.75) is 38.6 Å². The highest BCUT2D eigenvalue weighted by Crippen LogP contribution is 2.28. The van der Waals surface area contributed by atoms with Crippen LogP contribution in [0.5, 0.6) is 0 Å². The lowest BCUT2D eigenvalue weighted by atomic mass is 10.2. The van der Waals surface area contributed by atoms with Gasteiger partial charge >= 0.3 is 0 Å². The zero-order chi connectivity index (χ0) is 10.7. The van der Waals surface area contributed by atoms with Crippen molar-refractivity contribution >= 4 is 21.6 Å². The molecule has 0 unspecified atom stereocenters. The largest absolute Gasteiger partial charge is 0.368 e. The molecule has 0 aliphatic heterocycles. The van der Waals surface area contributed by atoms with Crippen LogP contribution in [0.25, 0.3) is 0 Å². The normalized spacial score (nSPS) is 16.9. The number of rotatable bonds is 3. The molecule has 15 heavy (non-hydrogen) atoms. The molecule has 0 atom stereocenters. The summed E-state index contributed by atoms with van der Waals surface area (Å²) < 4.78 is 1.07. The first-order valence-corrected chi connectivity index (χ1v) is 6.47. The minimum atomic E-state index is 0.728. The van der Waals surface area contributed by atoms with Gasteiger partial charge in [0.25, 0.3) is 0 Å². The maximum absolute atomic E-state index is 4.24. The average molecular weight is 269 g/mol. The number of hydrogen-bond donors (Lipinski definition) is 0. The summed E-state index contributed by atoms with van der Waals surface area (Å²) in [5.41, 5.74) is 1.25. The van der Waals surface area contributed by atoms with Gasteiger partial charge in [0.1, 0.15) is 0 Å². The molecule has 3 heteroatoms. The molecule has 1 saturated carbocycles. The second-order valence-electron chi connectivity index (χ2n) is 4.09. The van der Waals surface area contributed by atoms with Gasteiger partial charge in [-0.25, -0.2) is 0 Å². The summed E-state index contributed by atoms with van der Waals surface area (Å²) in [6, 6.07) is 2.89. The third kappa shape index (κ3) is 2.51. The molecule has 2 rings (SSSR count). The molecule has 2 nitrogen and oxygen atoms in total. The van der Waals surface area contributed by atoms with Gasteiger partial charge in [-0.1, -0.05) is 12.8 Å². The summed E-state index contributed by atoms with van der Waals surface area (Å²) in [5.74, 6) is 0. The lowest BCUT2D eigenvalue weighted by Crippen LogP contribution is -2.32. The lowest BCUT2D eigenvalue weighted by Gasteiger charge is -2.29. The molecule has 0 amide bonds. The number of anilines is 1. The monoisotopic (exact) mass is 268 g/mol. The van der Waals surface area contributed by atoms with E-state index < -0.39 is 0 Å². The van der Waals surface area contributed by atoms with Crippen LogP contribution in [0.1, 0.15) is 32.6 Å². The minimum absolute atomic E-state index is 0.728.